The number of methoxy groups -OCH3 is 1. The minimum Gasteiger partial charge on any atom is -0.493 e. The molecule has 1 aliphatic heterocycles. The second kappa shape index (κ2) is 11.7. The summed E-state index contributed by atoms with van der Waals surface area (Å²) < 4.78 is 30.7. The van der Waals surface area contributed by atoms with E-state index in [1.807, 2.05) is 0 Å². The van der Waals surface area contributed by atoms with Crippen LogP contribution in [0, 0.1) is 5.82 Å². The molecule has 10 heteroatoms. The number of benzene rings is 3. The largest absolute Gasteiger partial charge is 0.493 e. The summed E-state index contributed by atoms with van der Waals surface area (Å²) in [5, 5.41) is 0.325. The summed E-state index contributed by atoms with van der Waals surface area (Å²) in [5.41, 5.74) is 0.860. The van der Waals surface area contributed by atoms with Crippen molar-refractivity contribution < 1.29 is 28.2 Å². The van der Waals surface area contributed by atoms with Gasteiger partial charge in [0.1, 0.15) is 24.8 Å². The molecule has 0 saturated carbocycles. The molecule has 36 heavy (non-hydrogen) atoms. The number of ether oxygens (including phenoxy) is 3. The lowest BCUT2D eigenvalue weighted by atomic mass is 10.1. The van der Waals surface area contributed by atoms with Gasteiger partial charge in [-0.05, 0) is 59.8 Å². The highest BCUT2D eigenvalue weighted by Crippen LogP contribution is 2.35. The Bertz CT molecular complexity index is 1310. The second-order valence-electron chi connectivity index (χ2n) is 7.51. The summed E-state index contributed by atoms with van der Waals surface area (Å²) in [6, 6.07) is 16.4. The fraction of sp³-hybridized carbons (Fsp3) is 0.154. The lowest BCUT2D eigenvalue weighted by molar-refractivity contribution is -0.123. The van der Waals surface area contributed by atoms with E-state index in [1.54, 1.807) is 54.6 Å². The second-order valence-corrected chi connectivity index (χ2v) is 9.32. The Morgan fingerprint density at radius 2 is 1.72 bits per heavy atom. The highest BCUT2D eigenvalue weighted by molar-refractivity contribution is 8.18. The lowest BCUT2D eigenvalue weighted by Crippen LogP contribution is -2.32. The van der Waals surface area contributed by atoms with E-state index in [1.165, 1.54) is 19.2 Å². The van der Waals surface area contributed by atoms with Crippen molar-refractivity contribution in [3.05, 3.63) is 92.6 Å². The van der Waals surface area contributed by atoms with Gasteiger partial charge in [-0.15, -0.1) is 0 Å². The molecule has 3 aromatic rings. The standard InChI is InChI=1S/C26H20Cl2FNO5S/c1-33-23-13-16(9-10-22(23)35-15-17-18(27)6-4-7-20(17)29)14-24-25(31)30(26(32)36-24)11-12-34-21-8-3-2-5-19(21)28/h2-10,13-14H,11-12,15H2,1H3/b24-14-. The normalized spacial score (nSPS) is 14.4. The molecule has 0 aliphatic carbocycles. The van der Waals surface area contributed by atoms with Crippen LogP contribution >= 0.6 is 35.0 Å². The molecule has 0 N–H and O–H groups in total. The van der Waals surface area contributed by atoms with E-state index in [4.69, 9.17) is 37.4 Å². The number of rotatable bonds is 9. The molecule has 0 aromatic heterocycles. The first-order chi connectivity index (χ1) is 17.4. The van der Waals surface area contributed by atoms with Gasteiger partial charge in [0.25, 0.3) is 11.1 Å². The Kier molecular flexibility index (Phi) is 8.40. The van der Waals surface area contributed by atoms with E-state index in [0.29, 0.717) is 27.8 Å². The van der Waals surface area contributed by atoms with Gasteiger partial charge in [-0.1, -0.05) is 47.5 Å². The van der Waals surface area contributed by atoms with Gasteiger partial charge in [0.2, 0.25) is 0 Å². The number of carbonyl (C=O) groups is 2. The maximum Gasteiger partial charge on any atom is 0.293 e. The molecule has 2 amide bonds. The van der Waals surface area contributed by atoms with E-state index in [2.05, 4.69) is 0 Å². The third-order valence-electron chi connectivity index (χ3n) is 5.20. The van der Waals surface area contributed by atoms with Gasteiger partial charge in [0.05, 0.1) is 28.6 Å². The fourth-order valence-corrected chi connectivity index (χ4v) is 4.64. The molecular formula is C26H20Cl2FNO5S. The third-order valence-corrected chi connectivity index (χ3v) is 6.78. The quantitative estimate of drug-likeness (QED) is 0.273. The van der Waals surface area contributed by atoms with E-state index in [-0.39, 0.29) is 40.5 Å². The molecule has 3 aromatic carbocycles. The topological polar surface area (TPSA) is 65.1 Å². The zero-order valence-corrected chi connectivity index (χ0v) is 21.3. The molecule has 6 nitrogen and oxygen atoms in total. The minimum atomic E-state index is -0.467. The lowest BCUT2D eigenvalue weighted by Gasteiger charge is -2.14. The van der Waals surface area contributed by atoms with Crippen LogP contribution in [-0.4, -0.2) is 36.3 Å². The van der Waals surface area contributed by atoms with Gasteiger partial charge in [-0.2, -0.15) is 0 Å². The van der Waals surface area contributed by atoms with Crippen molar-refractivity contribution in [3.63, 3.8) is 0 Å². The van der Waals surface area contributed by atoms with Gasteiger partial charge >= 0.3 is 0 Å². The molecule has 1 aliphatic rings. The zero-order valence-electron chi connectivity index (χ0n) is 19.0. The average Bonchev–Trinajstić information content (AvgIpc) is 3.12. The molecule has 186 valence electrons. The predicted molar refractivity (Wildman–Crippen MR) is 138 cm³/mol. The monoisotopic (exact) mass is 547 g/mol. The molecule has 0 bridgehead atoms. The van der Waals surface area contributed by atoms with Crippen LogP contribution in [0.4, 0.5) is 9.18 Å². The van der Waals surface area contributed by atoms with Gasteiger partial charge < -0.3 is 14.2 Å². The Hall–Kier alpha value is -3.20. The smallest absolute Gasteiger partial charge is 0.293 e. The van der Waals surface area contributed by atoms with Crippen molar-refractivity contribution in [2.24, 2.45) is 0 Å². The first-order valence-electron chi connectivity index (χ1n) is 10.7. The van der Waals surface area contributed by atoms with Crippen LogP contribution in [0.15, 0.2) is 65.6 Å². The molecular weight excluding hydrogens is 528 g/mol. The summed E-state index contributed by atoms with van der Waals surface area (Å²) >= 11 is 13.0. The highest BCUT2D eigenvalue weighted by atomic mass is 35.5. The minimum absolute atomic E-state index is 0.0853. The highest BCUT2D eigenvalue weighted by Gasteiger charge is 2.34. The number of hydrogen-bond acceptors (Lipinski definition) is 6. The Labute approximate surface area is 221 Å². The van der Waals surface area contributed by atoms with E-state index >= 15 is 0 Å². The summed E-state index contributed by atoms with van der Waals surface area (Å²) in [7, 11) is 1.47. The maximum absolute atomic E-state index is 14.0. The molecule has 4 rings (SSSR count). The summed E-state index contributed by atoms with van der Waals surface area (Å²) in [4.78, 5) is 26.6. The van der Waals surface area contributed by atoms with Crippen molar-refractivity contribution in [2.45, 2.75) is 6.61 Å². The van der Waals surface area contributed by atoms with E-state index in [0.717, 1.165) is 16.7 Å². The Balaban J connectivity index is 1.42. The van der Waals surface area contributed by atoms with Crippen LogP contribution < -0.4 is 14.2 Å². The van der Waals surface area contributed by atoms with Crippen LogP contribution in [0.25, 0.3) is 6.08 Å². The van der Waals surface area contributed by atoms with Crippen molar-refractivity contribution >= 4 is 52.2 Å². The summed E-state index contributed by atoms with van der Waals surface area (Å²) in [6.07, 6.45) is 1.60. The molecule has 1 fully saturated rings. The zero-order chi connectivity index (χ0) is 25.7. The van der Waals surface area contributed by atoms with Crippen molar-refractivity contribution in [1.29, 1.82) is 0 Å². The van der Waals surface area contributed by atoms with Gasteiger partial charge in [-0.3, -0.25) is 14.5 Å². The number of amides is 2. The Morgan fingerprint density at radius 3 is 2.47 bits per heavy atom. The van der Waals surface area contributed by atoms with Gasteiger partial charge in [0.15, 0.2) is 11.5 Å². The maximum atomic E-state index is 14.0. The molecule has 1 saturated heterocycles. The number of imide groups is 1. The van der Waals surface area contributed by atoms with Gasteiger partial charge in [0, 0.05) is 5.56 Å². The van der Waals surface area contributed by atoms with Crippen LogP contribution in [0.5, 0.6) is 17.2 Å². The molecule has 0 spiro atoms. The van der Waals surface area contributed by atoms with Crippen LogP contribution in [-0.2, 0) is 11.4 Å². The summed E-state index contributed by atoms with van der Waals surface area (Å²) in [5.74, 6) is 0.350. The Morgan fingerprint density at radius 1 is 0.944 bits per heavy atom. The SMILES string of the molecule is COc1cc(/C=C2\SC(=O)N(CCOc3ccccc3Cl)C2=O)ccc1OCc1c(F)cccc1Cl. The molecule has 0 atom stereocenters. The van der Waals surface area contributed by atoms with Crippen LogP contribution in [0.2, 0.25) is 10.0 Å². The predicted octanol–water partition coefficient (Wildman–Crippen LogP) is 6.84. The first-order valence-corrected chi connectivity index (χ1v) is 12.3. The molecule has 0 unspecified atom stereocenters. The van der Waals surface area contributed by atoms with Crippen molar-refractivity contribution in [2.75, 3.05) is 20.3 Å². The third kappa shape index (κ3) is 5.95. The van der Waals surface area contributed by atoms with Crippen LogP contribution in [0.1, 0.15) is 11.1 Å². The number of thioether (sulfide) groups is 1. The van der Waals surface area contributed by atoms with E-state index in [9.17, 15) is 14.0 Å². The number of carbonyl (C=O) groups excluding carboxylic acids is 2. The first kappa shape index (κ1) is 25.9. The summed E-state index contributed by atoms with van der Waals surface area (Å²) in [6.45, 7) is 0.110. The molecule has 0 radical (unpaired) electrons. The number of hydrogen-bond donors (Lipinski definition) is 0. The fourth-order valence-electron chi connectivity index (χ4n) is 3.37. The van der Waals surface area contributed by atoms with E-state index < -0.39 is 11.7 Å². The van der Waals surface area contributed by atoms with Crippen molar-refractivity contribution in [3.8, 4) is 17.2 Å². The number of nitrogens with zero attached hydrogens (tertiary/aromatic N) is 1. The van der Waals surface area contributed by atoms with Gasteiger partial charge in [-0.25, -0.2) is 4.39 Å². The average molecular weight is 548 g/mol. The van der Waals surface area contributed by atoms with Crippen LogP contribution in [0.3, 0.4) is 0 Å². The number of para-hydroxylation sites is 1. The number of halogens is 3. The van der Waals surface area contributed by atoms with Crippen molar-refractivity contribution in [1.82, 2.24) is 4.90 Å². The molecule has 1 heterocycles.